The fraction of sp³-hybridized carbons (Fsp3) is 0.543. The van der Waals surface area contributed by atoms with Crippen molar-refractivity contribution < 1.29 is 14.2 Å². The van der Waals surface area contributed by atoms with Gasteiger partial charge in [0.15, 0.2) is 5.79 Å². The van der Waals surface area contributed by atoms with Crippen LogP contribution in [-0.4, -0.2) is 80.6 Å². The summed E-state index contributed by atoms with van der Waals surface area (Å²) >= 11 is 0. The van der Waals surface area contributed by atoms with Crippen molar-refractivity contribution in [3.05, 3.63) is 77.7 Å². The average molecular weight is 643 g/mol. The van der Waals surface area contributed by atoms with Crippen LogP contribution in [0.1, 0.15) is 58.4 Å². The maximum absolute atomic E-state index is 12.8. The highest BCUT2D eigenvalue weighted by atomic mass is 16.8. The Kier molecular flexibility index (Phi) is 9.30. The Balaban J connectivity index is 0.902. The van der Waals surface area contributed by atoms with E-state index in [0.29, 0.717) is 25.7 Å². The molecule has 0 radical (unpaired) electrons. The molecule has 3 atom stereocenters. The van der Waals surface area contributed by atoms with Gasteiger partial charge >= 0.3 is 5.69 Å². The Morgan fingerprint density at radius 2 is 1.49 bits per heavy atom. The van der Waals surface area contributed by atoms with Crippen molar-refractivity contribution in [3.63, 3.8) is 0 Å². The molecular weight excluding hydrogens is 596 g/mol. The molecule has 3 unspecified atom stereocenters. The Hall–Kier alpha value is -4.16. The predicted octanol–water partition coefficient (Wildman–Crippen LogP) is 4.69. The van der Waals surface area contributed by atoms with Crippen LogP contribution in [0.2, 0.25) is 0 Å². The second-order valence-electron chi connectivity index (χ2n) is 13.0. The molecule has 0 amide bonds. The third kappa shape index (κ3) is 6.80. The van der Waals surface area contributed by atoms with Crippen LogP contribution in [0.4, 0.5) is 11.4 Å². The summed E-state index contributed by atoms with van der Waals surface area (Å²) < 4.78 is 22.4. The first-order valence-corrected chi connectivity index (χ1v) is 17.2. The molecule has 3 aliphatic rings. The van der Waals surface area contributed by atoms with Crippen LogP contribution < -0.4 is 20.2 Å². The summed E-state index contributed by atoms with van der Waals surface area (Å²) in [6.45, 7) is 9.18. The molecule has 12 nitrogen and oxygen atoms in total. The number of ether oxygens (including phenoxy) is 3. The summed E-state index contributed by atoms with van der Waals surface area (Å²) in [7, 11) is 0. The average Bonchev–Trinajstić information content (AvgIpc) is 3.89. The number of anilines is 2. The number of hydrogen-bond donors (Lipinski definition) is 0. The second kappa shape index (κ2) is 13.9. The zero-order valence-corrected chi connectivity index (χ0v) is 27.5. The zero-order valence-electron chi connectivity index (χ0n) is 27.5. The van der Waals surface area contributed by atoms with Crippen LogP contribution in [-0.2, 0) is 16.0 Å². The lowest BCUT2D eigenvalue weighted by atomic mass is 9.83. The van der Waals surface area contributed by atoms with E-state index in [1.807, 2.05) is 31.2 Å². The van der Waals surface area contributed by atoms with Crippen molar-refractivity contribution in [1.82, 2.24) is 29.3 Å². The Labute approximate surface area is 275 Å². The molecule has 1 saturated carbocycles. The maximum atomic E-state index is 12.8. The summed E-state index contributed by atoms with van der Waals surface area (Å²) in [5.41, 5.74) is 3.07. The number of rotatable bonds is 11. The summed E-state index contributed by atoms with van der Waals surface area (Å²) in [6, 6.07) is 16.6. The topological polar surface area (TPSA) is 105 Å². The van der Waals surface area contributed by atoms with Gasteiger partial charge in [-0.3, -0.25) is 0 Å². The minimum absolute atomic E-state index is 0.0772. The highest BCUT2D eigenvalue weighted by molar-refractivity contribution is 5.54. The highest BCUT2D eigenvalue weighted by Crippen LogP contribution is 2.41. The molecule has 2 aliphatic heterocycles. The van der Waals surface area contributed by atoms with Crippen LogP contribution in [0.25, 0.3) is 5.69 Å². The molecule has 4 aromatic rings. The van der Waals surface area contributed by atoms with E-state index in [0.717, 1.165) is 62.6 Å². The van der Waals surface area contributed by atoms with Gasteiger partial charge < -0.3 is 24.0 Å². The third-order valence-electron chi connectivity index (χ3n) is 10.0. The summed E-state index contributed by atoms with van der Waals surface area (Å²) in [5, 5.41) is 13.0. The molecule has 250 valence electrons. The van der Waals surface area contributed by atoms with Crippen molar-refractivity contribution in [2.24, 2.45) is 5.92 Å². The molecule has 7 rings (SSSR count). The highest BCUT2D eigenvalue weighted by Gasteiger charge is 2.49. The van der Waals surface area contributed by atoms with E-state index in [9.17, 15) is 4.79 Å². The summed E-state index contributed by atoms with van der Waals surface area (Å²) in [6.07, 6.45) is 11.6. The van der Waals surface area contributed by atoms with Crippen LogP contribution >= 0.6 is 0 Å². The quantitative estimate of drug-likeness (QED) is 0.230. The molecule has 0 N–H and O–H groups in total. The SMILES string of the molecule is CCC(C)n1ncn(-c2ccc(N3CCN(c4ccc(OCC5COC(Cn6nccn6)(C6CCCCC6)O5)cc4)CC3)cc2)c1=O. The normalized spacial score (nSPS) is 22.9. The fourth-order valence-corrected chi connectivity index (χ4v) is 7.11. The third-order valence-corrected chi connectivity index (χ3v) is 10.0. The predicted molar refractivity (Wildman–Crippen MR) is 179 cm³/mol. The van der Waals surface area contributed by atoms with Crippen molar-refractivity contribution in [1.29, 1.82) is 0 Å². The molecule has 2 saturated heterocycles. The van der Waals surface area contributed by atoms with Gasteiger partial charge in [0.1, 0.15) is 31.3 Å². The van der Waals surface area contributed by atoms with Crippen molar-refractivity contribution in [2.45, 2.75) is 76.9 Å². The zero-order chi connectivity index (χ0) is 32.2. The van der Waals surface area contributed by atoms with Crippen molar-refractivity contribution >= 4 is 11.4 Å². The maximum Gasteiger partial charge on any atom is 0.350 e. The minimum atomic E-state index is -0.696. The molecule has 0 bridgehead atoms. The second-order valence-corrected chi connectivity index (χ2v) is 13.0. The first kappa shape index (κ1) is 31.4. The molecule has 2 aromatic carbocycles. The largest absolute Gasteiger partial charge is 0.491 e. The van der Waals surface area contributed by atoms with Gasteiger partial charge in [-0.05, 0) is 74.7 Å². The van der Waals surface area contributed by atoms with Crippen LogP contribution in [0.3, 0.4) is 0 Å². The van der Waals surface area contributed by atoms with Gasteiger partial charge in [-0.2, -0.15) is 20.1 Å². The number of benzene rings is 2. The van der Waals surface area contributed by atoms with Gasteiger partial charge in [0.2, 0.25) is 0 Å². The monoisotopic (exact) mass is 642 g/mol. The Morgan fingerprint density at radius 3 is 2.13 bits per heavy atom. The van der Waals surface area contributed by atoms with E-state index >= 15 is 0 Å². The Morgan fingerprint density at radius 1 is 0.872 bits per heavy atom. The number of hydrogen-bond acceptors (Lipinski definition) is 9. The number of piperazine rings is 1. The number of aromatic nitrogens is 6. The van der Waals surface area contributed by atoms with Crippen molar-refractivity contribution in [3.8, 4) is 11.4 Å². The van der Waals surface area contributed by atoms with Crippen LogP contribution in [0, 0.1) is 5.92 Å². The van der Waals surface area contributed by atoms with E-state index in [4.69, 9.17) is 14.2 Å². The minimum Gasteiger partial charge on any atom is -0.491 e. The summed E-state index contributed by atoms with van der Waals surface area (Å²) in [4.78, 5) is 19.3. The van der Waals surface area contributed by atoms with E-state index in [1.165, 1.54) is 24.9 Å². The van der Waals surface area contributed by atoms with E-state index in [1.54, 1.807) is 32.8 Å². The smallest absolute Gasteiger partial charge is 0.350 e. The van der Waals surface area contributed by atoms with Gasteiger partial charge in [-0.25, -0.2) is 14.0 Å². The first-order valence-electron chi connectivity index (χ1n) is 17.2. The van der Waals surface area contributed by atoms with Crippen molar-refractivity contribution in [2.75, 3.05) is 49.2 Å². The van der Waals surface area contributed by atoms with E-state index in [-0.39, 0.29) is 17.8 Å². The molecule has 0 spiro atoms. The molecular formula is C35H46N8O4. The lowest BCUT2D eigenvalue weighted by Gasteiger charge is -2.37. The van der Waals surface area contributed by atoms with E-state index < -0.39 is 5.79 Å². The van der Waals surface area contributed by atoms with Gasteiger partial charge in [0, 0.05) is 43.5 Å². The standard InChI is InChI=1S/C35H46N8O4/c1-3-27(2)43-34(44)41(26-38-43)31-11-9-29(10-12-31)39-19-21-40(22-20-39)30-13-15-32(16-14-30)45-23-33-24-46-35(47-33,25-42-36-17-18-37-42)28-7-5-4-6-8-28/h9-18,26-28,33H,3-8,19-25H2,1-2H3. The summed E-state index contributed by atoms with van der Waals surface area (Å²) in [5.74, 6) is 0.467. The van der Waals surface area contributed by atoms with Gasteiger partial charge in [-0.15, -0.1) is 0 Å². The first-order chi connectivity index (χ1) is 23.0. The number of nitrogens with zero attached hydrogens (tertiary/aromatic N) is 8. The molecule has 12 heteroatoms. The van der Waals surface area contributed by atoms with E-state index in [2.05, 4.69) is 56.3 Å². The van der Waals surface area contributed by atoms with Gasteiger partial charge in [0.05, 0.1) is 30.7 Å². The lowest BCUT2D eigenvalue weighted by molar-refractivity contribution is -0.224. The molecule has 3 fully saturated rings. The van der Waals surface area contributed by atoms with Crippen LogP contribution in [0.15, 0.2) is 72.0 Å². The Bertz CT molecular complexity index is 1620. The van der Waals surface area contributed by atoms with Gasteiger partial charge in [-0.1, -0.05) is 26.2 Å². The molecule has 2 aromatic heterocycles. The van der Waals surface area contributed by atoms with Gasteiger partial charge in [0.25, 0.3) is 0 Å². The molecule has 4 heterocycles. The lowest BCUT2D eigenvalue weighted by Crippen LogP contribution is -2.46. The van der Waals surface area contributed by atoms with Crippen LogP contribution in [0.5, 0.6) is 5.75 Å². The molecule has 47 heavy (non-hydrogen) atoms. The fourth-order valence-electron chi connectivity index (χ4n) is 7.11. The molecule has 1 aliphatic carbocycles.